The number of rotatable bonds is 6. The van der Waals surface area contributed by atoms with Crippen molar-refractivity contribution in [2.24, 2.45) is 17.0 Å². The van der Waals surface area contributed by atoms with Gasteiger partial charge in [-0.15, -0.1) is 0 Å². The Labute approximate surface area is 191 Å². The molecule has 0 aliphatic carbocycles. The van der Waals surface area contributed by atoms with Crippen molar-refractivity contribution in [2.75, 3.05) is 36.5 Å². The number of nitrogens with zero attached hydrogens (tertiary/aromatic N) is 8. The van der Waals surface area contributed by atoms with Crippen LogP contribution in [0.5, 0.6) is 5.88 Å². The highest BCUT2D eigenvalue weighted by atomic mass is 16.3. The maximum atomic E-state index is 10.2. The average molecular weight is 452 g/mol. The molecule has 11 nitrogen and oxygen atoms in total. The molecule has 3 aromatic rings. The Balaban J connectivity index is 1.49. The van der Waals surface area contributed by atoms with Crippen LogP contribution in [0, 0.1) is 0 Å². The highest BCUT2D eigenvalue weighted by molar-refractivity contribution is 6.12. The minimum atomic E-state index is -0.352. The number of aliphatic imine (C=N–C) groups is 2. The maximum absolute atomic E-state index is 10.2. The van der Waals surface area contributed by atoms with E-state index in [1.807, 2.05) is 16.9 Å². The maximum Gasteiger partial charge on any atom is 0.220 e. The fourth-order valence-electron chi connectivity index (χ4n) is 4.12. The number of aromatic hydroxyl groups is 1. The van der Waals surface area contributed by atoms with E-state index in [4.69, 9.17) is 5.10 Å². The van der Waals surface area contributed by atoms with Crippen LogP contribution in [0.15, 0.2) is 28.4 Å². The lowest BCUT2D eigenvalue weighted by molar-refractivity contribution is 0.205. The topological polar surface area (TPSA) is 129 Å². The number of hydrogen-bond acceptors (Lipinski definition) is 9. The minimum Gasteiger partial charge on any atom is -0.493 e. The summed E-state index contributed by atoms with van der Waals surface area (Å²) in [5, 5.41) is 33.1. The lowest BCUT2D eigenvalue weighted by Crippen LogP contribution is -2.38. The molecule has 3 N–H and O–H groups in total. The molecule has 11 heteroatoms. The van der Waals surface area contributed by atoms with Crippen molar-refractivity contribution in [3.05, 3.63) is 24.0 Å². The number of nitrogens with one attached hydrogen (secondary N) is 1. The zero-order valence-electron chi connectivity index (χ0n) is 19.2. The second kappa shape index (κ2) is 8.14. The highest BCUT2D eigenvalue weighted by Crippen LogP contribution is 2.34. The monoisotopic (exact) mass is 451 g/mol. The van der Waals surface area contributed by atoms with Crippen LogP contribution < -0.4 is 10.2 Å². The summed E-state index contributed by atoms with van der Waals surface area (Å²) in [6, 6.07) is 1.99. The van der Waals surface area contributed by atoms with Crippen LogP contribution in [-0.4, -0.2) is 72.7 Å². The van der Waals surface area contributed by atoms with Gasteiger partial charge in [-0.3, -0.25) is 9.67 Å². The van der Waals surface area contributed by atoms with Gasteiger partial charge < -0.3 is 20.4 Å². The number of aryl methyl sites for hydroxylation is 1. The molecule has 0 spiro atoms. The molecule has 0 atom stereocenters. The Bertz CT molecular complexity index is 1250. The molecule has 0 bridgehead atoms. The fourth-order valence-corrected chi connectivity index (χ4v) is 4.12. The summed E-state index contributed by atoms with van der Waals surface area (Å²) in [7, 11) is 1.67. The molecule has 0 amide bonds. The van der Waals surface area contributed by atoms with E-state index in [1.54, 1.807) is 13.2 Å². The second-order valence-corrected chi connectivity index (χ2v) is 9.09. The van der Waals surface area contributed by atoms with E-state index in [0.29, 0.717) is 36.6 Å². The molecule has 33 heavy (non-hydrogen) atoms. The van der Waals surface area contributed by atoms with Gasteiger partial charge in [0.1, 0.15) is 17.2 Å². The number of hydrogen-bond donors (Lipinski definition) is 3. The molecule has 0 aromatic carbocycles. The molecule has 1 saturated heterocycles. The van der Waals surface area contributed by atoms with Gasteiger partial charge in [0, 0.05) is 52.0 Å². The molecule has 5 heterocycles. The molecular weight excluding hydrogens is 422 g/mol. The second-order valence-electron chi connectivity index (χ2n) is 9.09. The number of anilines is 2. The number of amidine groups is 2. The van der Waals surface area contributed by atoms with E-state index in [2.05, 4.69) is 44.1 Å². The van der Waals surface area contributed by atoms with Gasteiger partial charge in [-0.05, 0) is 26.7 Å². The largest absolute Gasteiger partial charge is 0.493 e. The summed E-state index contributed by atoms with van der Waals surface area (Å²) in [6.07, 6.45) is 5.81. The molecule has 0 radical (unpaired) electrons. The first-order valence-electron chi connectivity index (χ1n) is 11.2. The Hall–Kier alpha value is -3.47. The number of aromatic nitrogens is 5. The quantitative estimate of drug-likeness (QED) is 0.522. The van der Waals surface area contributed by atoms with Gasteiger partial charge in [-0.25, -0.2) is 14.7 Å². The number of aliphatic hydroxyl groups is 1. The van der Waals surface area contributed by atoms with E-state index in [9.17, 15) is 10.2 Å². The number of aliphatic hydroxyl groups excluding tert-OH is 1. The summed E-state index contributed by atoms with van der Waals surface area (Å²) >= 11 is 0. The Morgan fingerprint density at radius 1 is 1.21 bits per heavy atom. The van der Waals surface area contributed by atoms with Crippen LogP contribution in [0.25, 0.3) is 10.9 Å². The van der Waals surface area contributed by atoms with Gasteiger partial charge in [0.15, 0.2) is 11.7 Å². The number of pyridine rings is 1. The lowest BCUT2D eigenvalue weighted by atomic mass is 10.0. The SMILES string of the molecule is Cn1ncc(C2=NCCC(Nc3cc4c(cn3)c(N3CCC3)nn4C(C)(C)CCO)=N2)c1O. The van der Waals surface area contributed by atoms with Gasteiger partial charge >= 0.3 is 0 Å². The Morgan fingerprint density at radius 2 is 2.03 bits per heavy atom. The van der Waals surface area contributed by atoms with Crippen LogP contribution >= 0.6 is 0 Å². The molecule has 2 aliphatic heterocycles. The zero-order valence-corrected chi connectivity index (χ0v) is 19.2. The summed E-state index contributed by atoms with van der Waals surface area (Å²) in [5.41, 5.74) is 1.11. The first kappa shape index (κ1) is 21.4. The predicted molar refractivity (Wildman–Crippen MR) is 127 cm³/mol. The first-order valence-corrected chi connectivity index (χ1v) is 11.2. The van der Waals surface area contributed by atoms with Crippen molar-refractivity contribution in [1.29, 1.82) is 0 Å². The first-order chi connectivity index (χ1) is 15.9. The molecule has 3 aromatic heterocycles. The molecule has 174 valence electrons. The standard InChI is InChI=1S/C22H29N9O2/c1-22(2,6-10-32)31-16-11-18(24-12-14(16)20(28-31)30-8-4-9-30)26-17-5-7-23-19(27-17)15-13-25-29(3)21(15)33/h11-13,32-33H,4-10H2,1-3H3,(H,23,24,26,27). The molecule has 5 rings (SSSR count). The third kappa shape index (κ3) is 3.82. The Morgan fingerprint density at radius 3 is 2.70 bits per heavy atom. The van der Waals surface area contributed by atoms with Crippen LogP contribution in [0.4, 0.5) is 11.6 Å². The molecular formula is C22H29N9O2. The van der Waals surface area contributed by atoms with E-state index in [-0.39, 0.29) is 18.0 Å². The van der Waals surface area contributed by atoms with Crippen LogP contribution in [0.3, 0.4) is 0 Å². The third-order valence-corrected chi connectivity index (χ3v) is 6.27. The van der Waals surface area contributed by atoms with Crippen molar-refractivity contribution in [1.82, 2.24) is 24.5 Å². The average Bonchev–Trinajstić information content (AvgIpc) is 3.28. The van der Waals surface area contributed by atoms with Gasteiger partial charge in [0.25, 0.3) is 0 Å². The van der Waals surface area contributed by atoms with E-state index in [0.717, 1.165) is 42.1 Å². The van der Waals surface area contributed by atoms with Gasteiger partial charge in [0.2, 0.25) is 5.88 Å². The van der Waals surface area contributed by atoms with Crippen molar-refractivity contribution >= 4 is 34.2 Å². The van der Waals surface area contributed by atoms with E-state index >= 15 is 0 Å². The van der Waals surface area contributed by atoms with E-state index in [1.165, 1.54) is 4.68 Å². The fraction of sp³-hybridized carbons (Fsp3) is 0.500. The van der Waals surface area contributed by atoms with Gasteiger partial charge in [-0.1, -0.05) is 0 Å². The summed E-state index contributed by atoms with van der Waals surface area (Å²) < 4.78 is 3.39. The minimum absolute atomic E-state index is 0.0341. The normalized spacial score (nSPS) is 16.5. The van der Waals surface area contributed by atoms with E-state index < -0.39 is 0 Å². The van der Waals surface area contributed by atoms with Crippen molar-refractivity contribution in [3.8, 4) is 5.88 Å². The van der Waals surface area contributed by atoms with Gasteiger partial charge in [0.05, 0.1) is 22.6 Å². The van der Waals surface area contributed by atoms with Crippen molar-refractivity contribution < 1.29 is 10.2 Å². The lowest BCUT2D eigenvalue weighted by Gasteiger charge is -2.31. The van der Waals surface area contributed by atoms with Gasteiger partial charge in [-0.2, -0.15) is 10.2 Å². The van der Waals surface area contributed by atoms with Crippen molar-refractivity contribution in [2.45, 2.75) is 38.6 Å². The molecule has 0 unspecified atom stereocenters. The van der Waals surface area contributed by atoms with Crippen LogP contribution in [-0.2, 0) is 12.6 Å². The number of fused-ring (bicyclic) bond motifs is 1. The van der Waals surface area contributed by atoms with Crippen molar-refractivity contribution in [3.63, 3.8) is 0 Å². The zero-order chi connectivity index (χ0) is 23.2. The summed E-state index contributed by atoms with van der Waals surface area (Å²) in [6.45, 7) is 6.79. The Kier molecular flexibility index (Phi) is 5.28. The van der Waals surface area contributed by atoms with Crippen LogP contribution in [0.1, 0.15) is 38.7 Å². The third-order valence-electron chi connectivity index (χ3n) is 6.27. The highest BCUT2D eigenvalue weighted by Gasteiger charge is 2.28. The predicted octanol–water partition coefficient (Wildman–Crippen LogP) is 1.86. The van der Waals surface area contributed by atoms with Crippen LogP contribution in [0.2, 0.25) is 0 Å². The molecule has 1 fully saturated rings. The summed E-state index contributed by atoms with van der Waals surface area (Å²) in [4.78, 5) is 15.9. The summed E-state index contributed by atoms with van der Waals surface area (Å²) in [5.74, 6) is 2.81. The molecule has 0 saturated carbocycles. The molecule has 2 aliphatic rings. The smallest absolute Gasteiger partial charge is 0.220 e.